The van der Waals surface area contributed by atoms with Crippen LogP contribution in [0, 0.1) is 6.92 Å². The summed E-state index contributed by atoms with van der Waals surface area (Å²) in [4.78, 5) is 19.0. The number of alkyl halides is 3. The molecule has 0 aliphatic heterocycles. The second kappa shape index (κ2) is 8.79. The molecular formula is C21H15ClF3N3O3S. The van der Waals surface area contributed by atoms with Crippen LogP contribution in [0.1, 0.15) is 16.1 Å². The van der Waals surface area contributed by atoms with Gasteiger partial charge >= 0.3 is 11.9 Å². The van der Waals surface area contributed by atoms with Crippen molar-refractivity contribution in [3.63, 3.8) is 0 Å². The molecule has 0 saturated heterocycles. The Morgan fingerprint density at radius 2 is 1.94 bits per heavy atom. The number of aromatic amines is 1. The van der Waals surface area contributed by atoms with Crippen LogP contribution >= 0.6 is 22.9 Å². The number of nitrogens with zero attached hydrogens (tertiary/aromatic N) is 2. The number of rotatable bonds is 6. The van der Waals surface area contributed by atoms with E-state index in [9.17, 15) is 18.0 Å². The molecule has 0 fully saturated rings. The van der Waals surface area contributed by atoms with Gasteiger partial charge in [-0.15, -0.1) is 11.3 Å². The summed E-state index contributed by atoms with van der Waals surface area (Å²) in [6.45, 7) is 2.23. The first kappa shape index (κ1) is 22.1. The highest BCUT2D eigenvalue weighted by Gasteiger charge is 2.30. The molecule has 0 atom stereocenters. The lowest BCUT2D eigenvalue weighted by Gasteiger charge is -2.07. The predicted octanol–water partition coefficient (Wildman–Crippen LogP) is 5.76. The van der Waals surface area contributed by atoms with E-state index in [0.717, 1.165) is 22.7 Å². The Hall–Kier alpha value is -3.11. The zero-order valence-corrected chi connectivity index (χ0v) is 18.1. The first-order valence-electron chi connectivity index (χ1n) is 9.33. The Kier molecular flexibility index (Phi) is 6.07. The summed E-state index contributed by atoms with van der Waals surface area (Å²) < 4.78 is 48.5. The highest BCUT2D eigenvalue weighted by atomic mass is 35.5. The van der Waals surface area contributed by atoms with Crippen molar-refractivity contribution in [3.8, 4) is 27.7 Å². The minimum atomic E-state index is -4.37. The fraction of sp³-hybridized carbons (Fsp3) is 0.190. The van der Waals surface area contributed by atoms with Gasteiger partial charge in [-0.05, 0) is 37.3 Å². The van der Waals surface area contributed by atoms with Gasteiger partial charge < -0.3 is 4.74 Å². The summed E-state index contributed by atoms with van der Waals surface area (Å²) in [5.41, 5.74) is 1.25. The van der Waals surface area contributed by atoms with Crippen LogP contribution in [-0.4, -0.2) is 21.7 Å². The van der Waals surface area contributed by atoms with Crippen LogP contribution in [0.4, 0.5) is 13.2 Å². The fourth-order valence-corrected chi connectivity index (χ4v) is 4.20. The number of aromatic nitrogens is 3. The Balaban J connectivity index is 1.40. The first-order valence-corrected chi connectivity index (χ1v) is 10.5. The summed E-state index contributed by atoms with van der Waals surface area (Å²) in [5, 5.41) is 4.59. The van der Waals surface area contributed by atoms with E-state index >= 15 is 0 Å². The number of thiazole rings is 1. The Bertz CT molecular complexity index is 1300. The summed E-state index contributed by atoms with van der Waals surface area (Å²) in [6.07, 6.45) is -3.86. The molecule has 2 aromatic carbocycles. The van der Waals surface area contributed by atoms with Crippen LogP contribution in [0.15, 0.2) is 51.8 Å². The molecule has 2 heterocycles. The van der Waals surface area contributed by atoms with E-state index in [1.165, 1.54) is 23.5 Å². The molecule has 166 valence electrons. The molecule has 4 aromatic rings. The van der Waals surface area contributed by atoms with Crippen LogP contribution < -0.4 is 10.5 Å². The summed E-state index contributed by atoms with van der Waals surface area (Å²) in [5.74, 6) is 0.0755. The summed E-state index contributed by atoms with van der Waals surface area (Å²) in [7, 11) is 0. The molecule has 0 spiro atoms. The van der Waals surface area contributed by atoms with Gasteiger partial charge in [0.25, 0.3) is 0 Å². The first-order chi connectivity index (χ1) is 15.2. The average Bonchev–Trinajstić information content (AvgIpc) is 3.33. The van der Waals surface area contributed by atoms with E-state index in [1.807, 2.05) is 6.92 Å². The van der Waals surface area contributed by atoms with Crippen LogP contribution in [0.3, 0.4) is 0 Å². The summed E-state index contributed by atoms with van der Waals surface area (Å²) in [6, 6.07) is 9.90. The maximum absolute atomic E-state index is 12.7. The van der Waals surface area contributed by atoms with E-state index in [0.29, 0.717) is 39.9 Å². The second-order valence-electron chi connectivity index (χ2n) is 6.78. The van der Waals surface area contributed by atoms with Crippen molar-refractivity contribution >= 4 is 22.9 Å². The third-order valence-corrected chi connectivity index (χ3v) is 5.97. The molecule has 0 saturated carbocycles. The molecular weight excluding hydrogens is 467 g/mol. The number of ether oxygens (including phenoxy) is 1. The topological polar surface area (TPSA) is 81.0 Å². The number of hydrogen-bond acceptors (Lipinski definition) is 6. The summed E-state index contributed by atoms with van der Waals surface area (Å²) >= 11 is 7.66. The van der Waals surface area contributed by atoms with Gasteiger partial charge in [-0.3, -0.25) is 9.51 Å². The maximum atomic E-state index is 12.7. The molecule has 2 aromatic heterocycles. The lowest BCUT2D eigenvalue weighted by molar-refractivity contribution is -0.137. The van der Waals surface area contributed by atoms with Gasteiger partial charge in [0.05, 0.1) is 22.9 Å². The third-order valence-electron chi connectivity index (χ3n) is 4.60. The Labute approximate surface area is 188 Å². The van der Waals surface area contributed by atoms with Crippen molar-refractivity contribution in [3.05, 3.63) is 74.2 Å². The van der Waals surface area contributed by atoms with E-state index in [-0.39, 0.29) is 5.82 Å². The molecule has 32 heavy (non-hydrogen) atoms. The standard InChI is InChI=1S/C21H15ClF3N3O3S/c1-11-17(26-19(32-11)12-2-4-13(5-3-12)21(23,24)25)8-9-30-14-6-7-15(16(22)10-14)18-27-20(29)31-28-18/h2-7,10H,8-9H2,1H3,(H,27,28,29). The van der Waals surface area contributed by atoms with Gasteiger partial charge in [0.1, 0.15) is 10.8 Å². The quantitative estimate of drug-likeness (QED) is 0.379. The van der Waals surface area contributed by atoms with Crippen molar-refractivity contribution < 1.29 is 22.4 Å². The molecule has 1 N–H and O–H groups in total. The van der Waals surface area contributed by atoms with Gasteiger partial charge in [0.15, 0.2) is 5.82 Å². The fourth-order valence-electron chi connectivity index (χ4n) is 2.97. The number of nitrogens with one attached hydrogen (secondary N) is 1. The van der Waals surface area contributed by atoms with Crippen LogP contribution in [0.25, 0.3) is 22.0 Å². The number of benzene rings is 2. The van der Waals surface area contributed by atoms with E-state index in [4.69, 9.17) is 16.3 Å². The Morgan fingerprint density at radius 1 is 1.19 bits per heavy atom. The number of H-pyrrole nitrogens is 1. The molecule has 0 aliphatic carbocycles. The smallest absolute Gasteiger partial charge is 0.439 e. The lowest BCUT2D eigenvalue weighted by atomic mass is 10.1. The van der Waals surface area contributed by atoms with Crippen LogP contribution in [0.5, 0.6) is 5.75 Å². The van der Waals surface area contributed by atoms with Gasteiger partial charge in [-0.1, -0.05) is 28.9 Å². The maximum Gasteiger partial charge on any atom is 0.439 e. The molecule has 0 aliphatic rings. The van der Waals surface area contributed by atoms with E-state index in [1.54, 1.807) is 18.2 Å². The van der Waals surface area contributed by atoms with E-state index in [2.05, 4.69) is 19.6 Å². The highest BCUT2D eigenvalue weighted by molar-refractivity contribution is 7.15. The minimum Gasteiger partial charge on any atom is -0.493 e. The molecule has 0 unspecified atom stereocenters. The van der Waals surface area contributed by atoms with E-state index < -0.39 is 17.5 Å². The molecule has 0 bridgehead atoms. The largest absolute Gasteiger partial charge is 0.493 e. The van der Waals surface area contributed by atoms with Gasteiger partial charge in [0, 0.05) is 22.4 Å². The normalized spacial score (nSPS) is 11.7. The van der Waals surface area contributed by atoms with Crippen LogP contribution in [-0.2, 0) is 12.6 Å². The number of hydrogen-bond donors (Lipinski definition) is 1. The third kappa shape index (κ3) is 4.86. The van der Waals surface area contributed by atoms with Gasteiger partial charge in [-0.25, -0.2) is 9.78 Å². The average molecular weight is 482 g/mol. The van der Waals surface area contributed by atoms with Gasteiger partial charge in [0.2, 0.25) is 0 Å². The zero-order valence-electron chi connectivity index (χ0n) is 16.5. The zero-order chi connectivity index (χ0) is 22.9. The molecule has 0 radical (unpaired) electrons. The van der Waals surface area contributed by atoms with Crippen molar-refractivity contribution in [2.45, 2.75) is 19.5 Å². The van der Waals surface area contributed by atoms with Crippen molar-refractivity contribution in [2.75, 3.05) is 6.61 Å². The second-order valence-corrected chi connectivity index (χ2v) is 8.39. The Morgan fingerprint density at radius 3 is 2.56 bits per heavy atom. The van der Waals surface area contributed by atoms with Crippen LogP contribution in [0.2, 0.25) is 5.02 Å². The van der Waals surface area contributed by atoms with Gasteiger partial charge in [-0.2, -0.15) is 13.2 Å². The number of halogens is 4. The molecule has 4 rings (SSSR count). The molecule has 0 amide bonds. The predicted molar refractivity (Wildman–Crippen MR) is 114 cm³/mol. The molecule has 6 nitrogen and oxygen atoms in total. The monoisotopic (exact) mass is 481 g/mol. The minimum absolute atomic E-state index is 0.223. The van der Waals surface area contributed by atoms with Crippen molar-refractivity contribution in [1.82, 2.24) is 15.1 Å². The van der Waals surface area contributed by atoms with Crippen molar-refractivity contribution in [2.24, 2.45) is 0 Å². The van der Waals surface area contributed by atoms with Crippen molar-refractivity contribution in [1.29, 1.82) is 0 Å². The highest BCUT2D eigenvalue weighted by Crippen LogP contribution is 2.33. The number of aryl methyl sites for hydroxylation is 1. The lowest BCUT2D eigenvalue weighted by Crippen LogP contribution is -2.04. The SMILES string of the molecule is Cc1sc(-c2ccc(C(F)(F)F)cc2)nc1CCOc1ccc(-c2noc(=O)[nH]2)c(Cl)c1. The molecule has 11 heteroatoms.